The van der Waals surface area contributed by atoms with Crippen LogP contribution in [-0.2, 0) is 27.9 Å². The highest BCUT2D eigenvalue weighted by molar-refractivity contribution is 6.84. The van der Waals surface area contributed by atoms with Gasteiger partial charge in [-0.25, -0.2) is 14.4 Å². The first kappa shape index (κ1) is 34.4. The van der Waals surface area contributed by atoms with E-state index in [2.05, 4.69) is 39.7 Å². The number of benzene rings is 1. The molecule has 1 aromatic carbocycles. The zero-order valence-corrected chi connectivity index (χ0v) is 26.3. The first-order valence-electron chi connectivity index (χ1n) is 13.4. The summed E-state index contributed by atoms with van der Waals surface area (Å²) in [5.41, 5.74) is 0.187. The lowest BCUT2D eigenvalue weighted by Gasteiger charge is -2.34. The summed E-state index contributed by atoms with van der Waals surface area (Å²) in [4.78, 5) is 48.0. The van der Waals surface area contributed by atoms with Gasteiger partial charge in [0.05, 0.1) is 17.7 Å². The van der Waals surface area contributed by atoms with Crippen LogP contribution in [0.4, 0.5) is 0 Å². The molecule has 0 fully saturated rings. The number of ether oxygens (including phenoxy) is 4. The van der Waals surface area contributed by atoms with Crippen LogP contribution in [0.2, 0.25) is 38.3 Å². The second-order valence-corrected chi connectivity index (χ2v) is 19.3. The van der Waals surface area contributed by atoms with E-state index in [4.69, 9.17) is 23.1 Å². The maximum atomic E-state index is 12.6. The van der Waals surface area contributed by atoms with Crippen LogP contribution in [0.25, 0.3) is 0 Å². The normalized spacial score (nSPS) is 11.5. The lowest BCUT2D eigenvalue weighted by molar-refractivity contribution is -0.138. The highest BCUT2D eigenvalue weighted by Gasteiger charge is 2.32. The average Bonchev–Trinajstić information content (AvgIpc) is 2.87. The molecule has 0 saturated carbocycles. The van der Waals surface area contributed by atoms with Crippen molar-refractivity contribution in [1.29, 1.82) is 0 Å². The minimum Gasteiger partial charge on any atom is -0.460 e. The van der Waals surface area contributed by atoms with Gasteiger partial charge < -0.3 is 23.1 Å². The highest BCUT2D eigenvalue weighted by atomic mass is 28.4. The number of esters is 3. The molecule has 218 valence electrons. The number of hydrogen-bond donors (Lipinski definition) is 0. The van der Waals surface area contributed by atoms with Gasteiger partial charge in [-0.3, -0.25) is 4.79 Å². The number of rotatable bonds is 19. The van der Waals surface area contributed by atoms with Crippen molar-refractivity contribution in [2.45, 2.75) is 71.4 Å². The fraction of sp³-hybridized carbons (Fsp3) is 0.571. The molecule has 0 saturated heterocycles. The van der Waals surface area contributed by atoms with Gasteiger partial charge in [0.1, 0.15) is 19.8 Å². The summed E-state index contributed by atoms with van der Waals surface area (Å²) >= 11 is 0. The summed E-state index contributed by atoms with van der Waals surface area (Å²) in [6, 6.07) is 6.21. The minimum atomic E-state index is -1.76. The number of carbonyl (C=O) groups excluding carboxylic acids is 4. The molecule has 0 aromatic heterocycles. The van der Waals surface area contributed by atoms with Crippen LogP contribution in [-0.4, -0.2) is 73.4 Å². The van der Waals surface area contributed by atoms with Crippen molar-refractivity contribution >= 4 is 40.3 Å². The molecule has 0 aliphatic carbocycles. The molecule has 0 bridgehead atoms. The third kappa shape index (κ3) is 13.8. The van der Waals surface area contributed by atoms with Crippen LogP contribution in [0.3, 0.4) is 0 Å². The molecule has 1 rings (SSSR count). The second kappa shape index (κ2) is 17.2. The number of hydrogen-bond acceptors (Lipinski definition) is 9. The fourth-order valence-corrected chi connectivity index (χ4v) is 13.0. The van der Waals surface area contributed by atoms with Crippen molar-refractivity contribution in [3.8, 4) is 0 Å². The van der Waals surface area contributed by atoms with Crippen LogP contribution >= 0.6 is 0 Å². The minimum absolute atomic E-state index is 0.0394. The summed E-state index contributed by atoms with van der Waals surface area (Å²) in [7, 11) is -3.38. The molecule has 9 nitrogen and oxygen atoms in total. The molecular formula is C28H44O9Si2. The lowest BCUT2D eigenvalue weighted by atomic mass is 10.0. The number of ketones is 1. The van der Waals surface area contributed by atoms with Gasteiger partial charge in [0.2, 0.25) is 0 Å². The fourth-order valence-electron chi connectivity index (χ4n) is 3.98. The Labute approximate surface area is 234 Å². The standard InChI is InChI=1S/C28H44O9Si2/c1-8-10-19-38(4,5)37-39(6,7)20-11-14-33-15-16-36-28(32)24-13-12-23(21-25(24)22(3)29)27(31)35-18-17-34-26(30)9-2/h9,12-13,21H,2,8,10-11,14-20H2,1,3-7H3. The van der Waals surface area contributed by atoms with Crippen LogP contribution < -0.4 is 0 Å². The Hall–Kier alpha value is -2.61. The Bertz CT molecular complexity index is 989. The Kier molecular flexibility index (Phi) is 15.1. The van der Waals surface area contributed by atoms with E-state index >= 15 is 0 Å². The van der Waals surface area contributed by atoms with Crippen LogP contribution in [0.15, 0.2) is 30.9 Å². The first-order valence-corrected chi connectivity index (χ1v) is 19.6. The van der Waals surface area contributed by atoms with Crippen LogP contribution in [0.1, 0.15) is 64.2 Å². The third-order valence-corrected chi connectivity index (χ3v) is 13.3. The molecule has 0 spiro atoms. The predicted octanol–water partition coefficient (Wildman–Crippen LogP) is 5.57. The van der Waals surface area contributed by atoms with E-state index in [1.165, 1.54) is 44.0 Å². The van der Waals surface area contributed by atoms with Gasteiger partial charge in [-0.15, -0.1) is 0 Å². The summed E-state index contributed by atoms with van der Waals surface area (Å²) in [5.74, 6) is -2.43. The molecule has 0 N–H and O–H groups in total. The van der Waals surface area contributed by atoms with Gasteiger partial charge in [0, 0.05) is 18.2 Å². The SMILES string of the molecule is C=CC(=O)OCCOC(=O)c1ccc(C(=O)OCCOCCC[Si](C)(C)O[Si](C)(C)CCCC)c(C(C)=O)c1. The van der Waals surface area contributed by atoms with Gasteiger partial charge in [0.25, 0.3) is 0 Å². The van der Waals surface area contributed by atoms with Gasteiger partial charge in [0.15, 0.2) is 22.4 Å². The van der Waals surface area contributed by atoms with Crippen molar-refractivity contribution in [1.82, 2.24) is 0 Å². The van der Waals surface area contributed by atoms with Crippen molar-refractivity contribution < 1.29 is 42.2 Å². The van der Waals surface area contributed by atoms with Crippen molar-refractivity contribution in [3.63, 3.8) is 0 Å². The first-order chi connectivity index (χ1) is 18.3. The Morgan fingerprint density at radius 2 is 1.38 bits per heavy atom. The molecule has 0 heterocycles. The molecule has 0 amide bonds. The van der Waals surface area contributed by atoms with E-state index in [0.717, 1.165) is 18.5 Å². The van der Waals surface area contributed by atoms with E-state index in [1.54, 1.807) is 0 Å². The largest absolute Gasteiger partial charge is 0.460 e. The molecule has 0 atom stereocenters. The Morgan fingerprint density at radius 1 is 0.795 bits per heavy atom. The van der Waals surface area contributed by atoms with Crippen molar-refractivity contribution in [2.75, 3.05) is 33.0 Å². The molecule has 0 aliphatic heterocycles. The predicted molar refractivity (Wildman–Crippen MR) is 154 cm³/mol. The van der Waals surface area contributed by atoms with E-state index in [9.17, 15) is 19.2 Å². The molecule has 0 unspecified atom stereocenters. The summed E-state index contributed by atoms with van der Waals surface area (Å²) in [6.07, 6.45) is 4.29. The molecular weight excluding hydrogens is 536 g/mol. The van der Waals surface area contributed by atoms with Gasteiger partial charge in [-0.2, -0.15) is 0 Å². The molecule has 0 aliphatic rings. The Balaban J connectivity index is 2.48. The average molecular weight is 581 g/mol. The lowest BCUT2D eigenvalue weighted by Crippen LogP contribution is -2.44. The Morgan fingerprint density at radius 3 is 2.00 bits per heavy atom. The third-order valence-electron chi connectivity index (χ3n) is 5.80. The number of unbranched alkanes of at least 4 members (excludes halogenated alkanes) is 1. The van der Waals surface area contributed by atoms with Crippen LogP contribution in [0.5, 0.6) is 0 Å². The van der Waals surface area contributed by atoms with E-state index < -0.39 is 40.3 Å². The van der Waals surface area contributed by atoms with Gasteiger partial charge >= 0.3 is 17.9 Å². The van der Waals surface area contributed by atoms with E-state index in [-0.39, 0.29) is 43.1 Å². The number of Topliss-reactive ketones (excluding diaryl/α,β-unsaturated/α-hetero) is 1. The molecule has 11 heteroatoms. The van der Waals surface area contributed by atoms with Crippen LogP contribution in [0, 0.1) is 0 Å². The van der Waals surface area contributed by atoms with Gasteiger partial charge in [-0.05, 0) is 69.8 Å². The zero-order chi connectivity index (χ0) is 29.5. The highest BCUT2D eigenvalue weighted by Crippen LogP contribution is 2.24. The zero-order valence-electron chi connectivity index (χ0n) is 24.3. The summed E-state index contributed by atoms with van der Waals surface area (Å²) in [6.45, 7) is 16.4. The van der Waals surface area contributed by atoms with E-state index in [1.807, 2.05) is 0 Å². The maximum Gasteiger partial charge on any atom is 0.338 e. The molecule has 39 heavy (non-hydrogen) atoms. The smallest absolute Gasteiger partial charge is 0.338 e. The van der Waals surface area contributed by atoms with Gasteiger partial charge in [-0.1, -0.05) is 26.3 Å². The van der Waals surface area contributed by atoms with Crippen molar-refractivity contribution in [3.05, 3.63) is 47.5 Å². The molecule has 1 aromatic rings. The van der Waals surface area contributed by atoms with Crippen molar-refractivity contribution in [2.24, 2.45) is 0 Å². The topological polar surface area (TPSA) is 114 Å². The monoisotopic (exact) mass is 580 g/mol. The summed E-state index contributed by atoms with van der Waals surface area (Å²) < 4.78 is 27.3. The number of carbonyl (C=O) groups is 4. The maximum absolute atomic E-state index is 12.6. The van der Waals surface area contributed by atoms with E-state index in [0.29, 0.717) is 6.61 Å². The second-order valence-electron chi connectivity index (χ2n) is 10.4. The summed E-state index contributed by atoms with van der Waals surface area (Å²) in [5, 5.41) is 0. The quantitative estimate of drug-likeness (QED) is 0.0517. The molecule has 0 radical (unpaired) electrons.